The van der Waals surface area contributed by atoms with Crippen LogP contribution >= 0.6 is 23.4 Å². The topological polar surface area (TPSA) is 76.3 Å². The van der Waals surface area contributed by atoms with Gasteiger partial charge in [-0.05, 0) is 42.1 Å². The van der Waals surface area contributed by atoms with Gasteiger partial charge in [0.1, 0.15) is 12.1 Å². The average Bonchev–Trinajstić information content (AvgIpc) is 2.88. The molecule has 0 aliphatic heterocycles. The van der Waals surface area contributed by atoms with E-state index in [1.807, 2.05) is 6.07 Å². The van der Waals surface area contributed by atoms with Crippen LogP contribution in [-0.2, 0) is 0 Å². The van der Waals surface area contributed by atoms with E-state index in [0.717, 1.165) is 11.0 Å². The van der Waals surface area contributed by atoms with Gasteiger partial charge in [-0.25, -0.2) is 4.98 Å². The molecule has 0 spiro atoms. The number of halogens is 1. The molecule has 0 atom stereocenters. The zero-order valence-corrected chi connectivity index (χ0v) is 12.2. The summed E-state index contributed by atoms with van der Waals surface area (Å²) in [4.78, 5) is 8.17. The first-order valence-corrected chi connectivity index (χ1v) is 7.17. The normalized spacial score (nSPS) is 10.2. The van der Waals surface area contributed by atoms with E-state index < -0.39 is 0 Å². The van der Waals surface area contributed by atoms with E-state index in [1.165, 1.54) is 11.8 Å². The molecule has 0 unspecified atom stereocenters. The summed E-state index contributed by atoms with van der Waals surface area (Å²) in [5.74, 6) is 0. The number of hydrogen-bond donors (Lipinski definition) is 1. The van der Waals surface area contributed by atoms with Gasteiger partial charge in [0.05, 0.1) is 27.1 Å². The van der Waals surface area contributed by atoms with Crippen LogP contribution in [-0.4, -0.2) is 9.97 Å². The number of nitrogens with one attached hydrogen (secondary N) is 1. The zero-order valence-electron chi connectivity index (χ0n) is 10.6. The highest BCUT2D eigenvalue weighted by Gasteiger charge is 2.12. The van der Waals surface area contributed by atoms with Crippen LogP contribution in [0.2, 0.25) is 5.02 Å². The Labute approximate surface area is 130 Å². The Morgan fingerprint density at radius 1 is 1.10 bits per heavy atom. The quantitative estimate of drug-likeness (QED) is 0.772. The molecule has 2 aromatic carbocycles. The smallest absolute Gasteiger partial charge is 0.171 e. The Morgan fingerprint density at radius 3 is 2.48 bits per heavy atom. The Kier molecular flexibility index (Phi) is 3.53. The lowest BCUT2D eigenvalue weighted by Crippen LogP contribution is -1.87. The van der Waals surface area contributed by atoms with E-state index in [-0.39, 0.29) is 0 Å². The van der Waals surface area contributed by atoms with Crippen LogP contribution in [0.4, 0.5) is 0 Å². The fourth-order valence-electron chi connectivity index (χ4n) is 1.93. The lowest BCUT2D eigenvalue weighted by atomic mass is 10.1. The summed E-state index contributed by atoms with van der Waals surface area (Å²) in [6.07, 6.45) is 0. The molecule has 1 heterocycles. The average molecular weight is 311 g/mol. The van der Waals surface area contributed by atoms with Gasteiger partial charge in [-0.1, -0.05) is 17.7 Å². The van der Waals surface area contributed by atoms with E-state index in [2.05, 4.69) is 22.1 Å². The molecule has 0 radical (unpaired) electrons. The monoisotopic (exact) mass is 310 g/mol. The highest BCUT2D eigenvalue weighted by atomic mass is 35.5. The van der Waals surface area contributed by atoms with Crippen molar-refractivity contribution in [3.05, 3.63) is 52.5 Å². The lowest BCUT2D eigenvalue weighted by molar-refractivity contribution is 1.08. The van der Waals surface area contributed by atoms with Crippen LogP contribution in [0.3, 0.4) is 0 Å². The van der Waals surface area contributed by atoms with Gasteiger partial charge in [0.25, 0.3) is 0 Å². The van der Waals surface area contributed by atoms with Crippen LogP contribution in [0.5, 0.6) is 0 Å². The van der Waals surface area contributed by atoms with Crippen molar-refractivity contribution in [2.24, 2.45) is 0 Å². The molecular formula is C15H7ClN4S. The summed E-state index contributed by atoms with van der Waals surface area (Å²) in [5, 5.41) is 19.6. The van der Waals surface area contributed by atoms with Crippen molar-refractivity contribution in [3.63, 3.8) is 0 Å². The lowest BCUT2D eigenvalue weighted by Gasteiger charge is -2.02. The number of nitriles is 2. The SMILES string of the molecule is N#Cc1cccc(C#N)c1Sc1nc2ccc(Cl)cc2[nH]1. The first-order chi connectivity index (χ1) is 10.2. The number of hydrogen-bond acceptors (Lipinski definition) is 4. The predicted octanol–water partition coefficient (Wildman–Crippen LogP) is 4.11. The van der Waals surface area contributed by atoms with Crippen LogP contribution in [0.25, 0.3) is 11.0 Å². The van der Waals surface area contributed by atoms with Gasteiger partial charge in [0.2, 0.25) is 0 Å². The maximum atomic E-state index is 9.17. The first-order valence-electron chi connectivity index (χ1n) is 5.97. The minimum Gasteiger partial charge on any atom is -0.333 e. The van der Waals surface area contributed by atoms with Crippen LogP contribution in [0.15, 0.2) is 46.5 Å². The van der Waals surface area contributed by atoms with Gasteiger partial charge >= 0.3 is 0 Å². The van der Waals surface area contributed by atoms with E-state index in [1.54, 1.807) is 30.3 Å². The summed E-state index contributed by atoms with van der Waals surface area (Å²) in [7, 11) is 0. The van der Waals surface area contributed by atoms with Gasteiger partial charge in [0, 0.05) is 5.02 Å². The van der Waals surface area contributed by atoms with Crippen LogP contribution < -0.4 is 0 Å². The van der Waals surface area contributed by atoms with Crippen molar-refractivity contribution in [3.8, 4) is 12.1 Å². The Hall–Kier alpha value is -2.47. The molecule has 0 saturated heterocycles. The van der Waals surface area contributed by atoms with Crippen molar-refractivity contribution in [1.29, 1.82) is 10.5 Å². The van der Waals surface area contributed by atoms with Crippen LogP contribution in [0, 0.1) is 22.7 Å². The number of benzene rings is 2. The fraction of sp³-hybridized carbons (Fsp3) is 0. The second kappa shape index (κ2) is 5.49. The Morgan fingerprint density at radius 2 is 1.81 bits per heavy atom. The maximum absolute atomic E-state index is 9.17. The van der Waals surface area contributed by atoms with Crippen LogP contribution in [0.1, 0.15) is 11.1 Å². The molecule has 0 fully saturated rings. The number of aromatic amines is 1. The second-order valence-electron chi connectivity index (χ2n) is 4.21. The summed E-state index contributed by atoms with van der Waals surface area (Å²) in [5.41, 5.74) is 2.52. The first kappa shape index (κ1) is 13.5. The third-order valence-electron chi connectivity index (χ3n) is 2.88. The maximum Gasteiger partial charge on any atom is 0.171 e. The highest BCUT2D eigenvalue weighted by Crippen LogP contribution is 2.32. The summed E-state index contributed by atoms with van der Waals surface area (Å²) in [6, 6.07) is 14.6. The predicted molar refractivity (Wildman–Crippen MR) is 81.1 cm³/mol. The molecule has 0 bridgehead atoms. The molecule has 6 heteroatoms. The van der Waals surface area contributed by atoms with Gasteiger partial charge in [0.15, 0.2) is 5.16 Å². The van der Waals surface area contributed by atoms with Gasteiger partial charge in [-0.3, -0.25) is 0 Å². The fourth-order valence-corrected chi connectivity index (χ4v) is 3.04. The number of imidazole rings is 1. The largest absolute Gasteiger partial charge is 0.333 e. The molecule has 21 heavy (non-hydrogen) atoms. The molecular weight excluding hydrogens is 304 g/mol. The second-order valence-corrected chi connectivity index (χ2v) is 5.65. The standard InChI is InChI=1S/C15H7ClN4S/c16-11-4-5-12-13(6-11)20-15(19-12)21-14-9(7-17)2-1-3-10(14)8-18/h1-6H,(H,19,20). The van der Waals surface area contributed by atoms with Gasteiger partial charge in [-0.15, -0.1) is 0 Å². The van der Waals surface area contributed by atoms with E-state index in [0.29, 0.717) is 26.2 Å². The Balaban J connectivity index is 2.07. The van der Waals surface area contributed by atoms with Crippen molar-refractivity contribution in [1.82, 2.24) is 9.97 Å². The number of aromatic nitrogens is 2. The minimum atomic E-state index is 0.456. The number of rotatable bonds is 2. The number of nitrogens with zero attached hydrogens (tertiary/aromatic N) is 3. The minimum absolute atomic E-state index is 0.456. The van der Waals surface area contributed by atoms with E-state index >= 15 is 0 Å². The summed E-state index contributed by atoms with van der Waals surface area (Å²) in [6.45, 7) is 0. The van der Waals surface area contributed by atoms with Gasteiger partial charge in [-0.2, -0.15) is 10.5 Å². The van der Waals surface area contributed by atoms with Gasteiger partial charge < -0.3 is 4.98 Å². The Bertz CT molecular complexity index is 885. The molecule has 3 aromatic rings. The van der Waals surface area contributed by atoms with Crippen molar-refractivity contribution in [2.45, 2.75) is 10.1 Å². The molecule has 0 aliphatic rings. The molecule has 100 valence electrons. The molecule has 0 amide bonds. The summed E-state index contributed by atoms with van der Waals surface area (Å²) < 4.78 is 0. The van der Waals surface area contributed by atoms with E-state index in [9.17, 15) is 10.5 Å². The third-order valence-corrected chi connectivity index (χ3v) is 4.14. The zero-order chi connectivity index (χ0) is 14.8. The van der Waals surface area contributed by atoms with E-state index in [4.69, 9.17) is 11.6 Å². The summed E-state index contributed by atoms with van der Waals surface area (Å²) >= 11 is 7.21. The third kappa shape index (κ3) is 2.57. The van der Waals surface area contributed by atoms with Crippen molar-refractivity contribution >= 4 is 34.4 Å². The molecule has 0 aliphatic carbocycles. The number of fused-ring (bicyclic) bond motifs is 1. The number of H-pyrrole nitrogens is 1. The molecule has 4 nitrogen and oxygen atoms in total. The highest BCUT2D eigenvalue weighted by molar-refractivity contribution is 7.99. The van der Waals surface area contributed by atoms with Crippen molar-refractivity contribution < 1.29 is 0 Å². The van der Waals surface area contributed by atoms with Crippen molar-refractivity contribution in [2.75, 3.05) is 0 Å². The molecule has 0 saturated carbocycles. The molecule has 1 N–H and O–H groups in total. The molecule has 1 aromatic heterocycles. The molecule has 3 rings (SSSR count).